The van der Waals surface area contributed by atoms with Crippen LogP contribution in [0.2, 0.25) is 5.28 Å². The molecule has 0 unspecified atom stereocenters. The average molecular weight is 274 g/mol. The van der Waals surface area contributed by atoms with Gasteiger partial charge in [0.1, 0.15) is 5.69 Å². The van der Waals surface area contributed by atoms with Gasteiger partial charge in [-0.15, -0.1) is 0 Å². The molecule has 0 aliphatic carbocycles. The van der Waals surface area contributed by atoms with Gasteiger partial charge in [-0.2, -0.15) is 4.98 Å². The first-order valence-corrected chi connectivity index (χ1v) is 5.46. The number of aromatic nitrogens is 2. The van der Waals surface area contributed by atoms with E-state index in [1.807, 2.05) is 0 Å². The zero-order chi connectivity index (χ0) is 13.7. The van der Waals surface area contributed by atoms with Crippen molar-refractivity contribution in [2.24, 2.45) is 0 Å². The van der Waals surface area contributed by atoms with Gasteiger partial charge in [-0.25, -0.2) is 4.98 Å². The molecule has 98 valence electrons. The van der Waals surface area contributed by atoms with Crippen molar-refractivity contribution in [1.29, 1.82) is 0 Å². The Bertz CT molecular complexity index is 480. The Labute approximate surface area is 108 Å². The van der Waals surface area contributed by atoms with Crippen molar-refractivity contribution in [3.05, 3.63) is 21.1 Å². The molecule has 9 heteroatoms. The van der Waals surface area contributed by atoms with Gasteiger partial charge in [0.2, 0.25) is 17.0 Å². The predicted molar refractivity (Wildman–Crippen MR) is 65.6 cm³/mol. The molecule has 1 amide bonds. The fraction of sp³-hybridized carbons (Fsp3) is 0.444. The summed E-state index contributed by atoms with van der Waals surface area (Å²) >= 11 is 5.63. The summed E-state index contributed by atoms with van der Waals surface area (Å²) in [6.45, 7) is 1.68. The van der Waals surface area contributed by atoms with Crippen LogP contribution in [0.15, 0.2) is 0 Å². The number of anilines is 1. The van der Waals surface area contributed by atoms with E-state index in [-0.39, 0.29) is 41.4 Å². The molecular formula is C9H12ClN5O3. The molecule has 1 rings (SSSR count). The number of carbonyl (C=O) groups excluding carboxylic acids is 1. The molecule has 0 atom stereocenters. The second-order valence-electron chi connectivity index (χ2n) is 3.38. The number of nitrogens with one attached hydrogen (secondary N) is 2. The summed E-state index contributed by atoms with van der Waals surface area (Å²) in [5.41, 5.74) is -0.0706. The minimum Gasteiger partial charge on any atom is -0.364 e. The van der Waals surface area contributed by atoms with Crippen molar-refractivity contribution >= 4 is 29.0 Å². The molecule has 0 saturated heterocycles. The quantitative estimate of drug-likeness (QED) is 0.468. The Morgan fingerprint density at radius 3 is 2.72 bits per heavy atom. The maximum absolute atomic E-state index is 11.0. The van der Waals surface area contributed by atoms with E-state index in [1.165, 1.54) is 14.0 Å². The largest absolute Gasteiger partial charge is 0.364 e. The van der Waals surface area contributed by atoms with E-state index in [9.17, 15) is 14.9 Å². The molecule has 0 aromatic carbocycles. The first-order chi connectivity index (χ1) is 8.45. The molecule has 1 aromatic heterocycles. The number of halogens is 1. The lowest BCUT2D eigenvalue weighted by Crippen LogP contribution is -2.21. The third-order valence-corrected chi connectivity index (χ3v) is 2.31. The number of amides is 1. The van der Waals surface area contributed by atoms with E-state index in [0.29, 0.717) is 0 Å². The van der Waals surface area contributed by atoms with Crippen LogP contribution in [-0.2, 0) is 4.79 Å². The molecule has 18 heavy (non-hydrogen) atoms. The maximum atomic E-state index is 11.0. The third-order valence-electron chi connectivity index (χ3n) is 2.14. The van der Waals surface area contributed by atoms with Crippen LogP contribution < -0.4 is 10.6 Å². The van der Waals surface area contributed by atoms with Gasteiger partial charge in [-0.3, -0.25) is 14.9 Å². The number of aryl methyl sites for hydroxylation is 1. The molecule has 0 aliphatic rings. The number of hydrogen-bond acceptors (Lipinski definition) is 6. The summed E-state index contributed by atoms with van der Waals surface area (Å²) in [6.07, 6.45) is 0.175. The maximum Gasteiger partial charge on any atom is 0.332 e. The molecule has 0 bridgehead atoms. The number of rotatable bonds is 5. The summed E-state index contributed by atoms with van der Waals surface area (Å²) in [6, 6.07) is 0. The minimum absolute atomic E-state index is 0.0152. The SMILES string of the molecule is CNC(=O)CCNc1nc(Cl)nc(C)c1[N+](=O)[O-]. The summed E-state index contributed by atoms with van der Waals surface area (Å²) in [7, 11) is 1.51. The third kappa shape index (κ3) is 3.52. The van der Waals surface area contributed by atoms with E-state index in [2.05, 4.69) is 20.6 Å². The Hall–Kier alpha value is -1.96. The van der Waals surface area contributed by atoms with Crippen molar-refractivity contribution in [3.8, 4) is 0 Å². The fourth-order valence-electron chi connectivity index (χ4n) is 1.29. The standard InChI is InChI=1S/C9H12ClN5O3/c1-5-7(15(17)18)8(14-9(10)13-5)12-4-3-6(16)11-2/h3-4H2,1-2H3,(H,11,16)(H,12,13,14). The highest BCUT2D eigenvalue weighted by molar-refractivity contribution is 6.28. The van der Waals surface area contributed by atoms with Gasteiger partial charge in [-0.1, -0.05) is 0 Å². The zero-order valence-corrected chi connectivity index (χ0v) is 10.6. The number of carbonyl (C=O) groups is 1. The van der Waals surface area contributed by atoms with Crippen LogP contribution in [0.25, 0.3) is 0 Å². The average Bonchev–Trinajstić information content (AvgIpc) is 2.27. The highest BCUT2D eigenvalue weighted by atomic mass is 35.5. The van der Waals surface area contributed by atoms with Crippen molar-refractivity contribution in [3.63, 3.8) is 0 Å². The lowest BCUT2D eigenvalue weighted by molar-refractivity contribution is -0.385. The van der Waals surface area contributed by atoms with Gasteiger partial charge in [-0.05, 0) is 18.5 Å². The normalized spacial score (nSPS) is 9.94. The molecule has 2 N–H and O–H groups in total. The van der Waals surface area contributed by atoms with Crippen LogP contribution in [-0.4, -0.2) is 34.4 Å². The highest BCUT2D eigenvalue weighted by Gasteiger charge is 2.21. The Balaban J connectivity index is 2.87. The van der Waals surface area contributed by atoms with Crippen LogP contribution in [0.4, 0.5) is 11.5 Å². The molecule has 0 fully saturated rings. The van der Waals surface area contributed by atoms with Crippen molar-refractivity contribution in [2.45, 2.75) is 13.3 Å². The summed E-state index contributed by atoms with van der Waals surface area (Å²) < 4.78 is 0. The van der Waals surface area contributed by atoms with E-state index in [4.69, 9.17) is 11.6 Å². The Morgan fingerprint density at radius 2 is 2.17 bits per heavy atom. The van der Waals surface area contributed by atoms with Gasteiger partial charge >= 0.3 is 5.69 Å². The second kappa shape index (κ2) is 6.10. The summed E-state index contributed by atoms with van der Waals surface area (Å²) in [5, 5.41) is 15.9. The number of hydrogen-bond donors (Lipinski definition) is 2. The molecule has 0 saturated carbocycles. The summed E-state index contributed by atoms with van der Waals surface area (Å²) in [4.78, 5) is 28.7. The molecule has 8 nitrogen and oxygen atoms in total. The van der Waals surface area contributed by atoms with Crippen LogP contribution in [0.1, 0.15) is 12.1 Å². The molecule has 0 radical (unpaired) electrons. The van der Waals surface area contributed by atoms with E-state index in [0.717, 1.165) is 0 Å². The van der Waals surface area contributed by atoms with Crippen LogP contribution in [0, 0.1) is 17.0 Å². The Morgan fingerprint density at radius 1 is 1.50 bits per heavy atom. The minimum atomic E-state index is -0.589. The second-order valence-corrected chi connectivity index (χ2v) is 3.72. The first kappa shape index (κ1) is 14.1. The van der Waals surface area contributed by atoms with E-state index < -0.39 is 4.92 Å². The molecule has 1 heterocycles. The van der Waals surface area contributed by atoms with Crippen molar-refractivity contribution in [1.82, 2.24) is 15.3 Å². The van der Waals surface area contributed by atoms with Gasteiger partial charge in [0.15, 0.2) is 0 Å². The summed E-state index contributed by atoms with van der Waals surface area (Å²) in [5.74, 6) is -0.163. The number of nitrogens with zero attached hydrogens (tertiary/aromatic N) is 3. The molecule has 1 aromatic rings. The van der Waals surface area contributed by atoms with Gasteiger partial charge in [0.05, 0.1) is 4.92 Å². The van der Waals surface area contributed by atoms with Crippen LogP contribution in [0.5, 0.6) is 0 Å². The monoisotopic (exact) mass is 273 g/mol. The van der Waals surface area contributed by atoms with Crippen molar-refractivity contribution in [2.75, 3.05) is 18.9 Å². The zero-order valence-electron chi connectivity index (χ0n) is 9.86. The van der Waals surface area contributed by atoms with E-state index in [1.54, 1.807) is 0 Å². The Kier molecular flexibility index (Phi) is 4.78. The molecule has 0 aliphatic heterocycles. The van der Waals surface area contributed by atoms with Gasteiger partial charge < -0.3 is 10.6 Å². The van der Waals surface area contributed by atoms with Crippen LogP contribution >= 0.6 is 11.6 Å². The first-order valence-electron chi connectivity index (χ1n) is 5.08. The molecular weight excluding hydrogens is 262 g/mol. The van der Waals surface area contributed by atoms with Gasteiger partial charge in [0.25, 0.3) is 0 Å². The fourth-order valence-corrected chi connectivity index (χ4v) is 1.51. The molecule has 0 spiro atoms. The van der Waals surface area contributed by atoms with Crippen molar-refractivity contribution < 1.29 is 9.72 Å². The lowest BCUT2D eigenvalue weighted by atomic mass is 10.3. The van der Waals surface area contributed by atoms with E-state index >= 15 is 0 Å². The number of nitro groups is 1. The van der Waals surface area contributed by atoms with Crippen LogP contribution in [0.3, 0.4) is 0 Å². The topological polar surface area (TPSA) is 110 Å². The predicted octanol–water partition coefficient (Wildman–Crippen LogP) is 0.895. The lowest BCUT2D eigenvalue weighted by Gasteiger charge is -2.07. The highest BCUT2D eigenvalue weighted by Crippen LogP contribution is 2.26. The van der Waals surface area contributed by atoms with Gasteiger partial charge in [0, 0.05) is 20.0 Å². The smallest absolute Gasteiger partial charge is 0.332 e.